The minimum Gasteiger partial charge on any atom is -0.227 e. The van der Waals surface area contributed by atoms with Gasteiger partial charge in [0.1, 0.15) is 11.6 Å². The van der Waals surface area contributed by atoms with Gasteiger partial charge in [-0.1, -0.05) is 25.4 Å². The van der Waals surface area contributed by atoms with Crippen molar-refractivity contribution in [1.29, 1.82) is 5.26 Å². The molecule has 0 aromatic carbocycles. The molecule has 0 N–H and O–H groups in total. The summed E-state index contributed by atoms with van der Waals surface area (Å²) in [7, 11) is 0. The molecule has 2 heterocycles. The lowest BCUT2D eigenvalue weighted by Crippen LogP contribution is -1.97. The summed E-state index contributed by atoms with van der Waals surface area (Å²) < 4.78 is 1.51. The fourth-order valence-corrected chi connectivity index (χ4v) is 2.27. The lowest BCUT2D eigenvalue weighted by molar-refractivity contribution is 0.765. The lowest BCUT2D eigenvalue weighted by Gasteiger charge is -1.98. The Morgan fingerprint density at radius 3 is 2.75 bits per heavy atom. The molecule has 0 saturated carbocycles. The Bertz CT molecular complexity index is 536. The molecule has 0 saturated heterocycles. The molecule has 0 spiro atoms. The zero-order valence-corrected chi connectivity index (χ0v) is 10.4. The van der Waals surface area contributed by atoms with Crippen LogP contribution in [0.5, 0.6) is 0 Å². The second kappa shape index (κ2) is 4.24. The van der Waals surface area contributed by atoms with Crippen LogP contribution in [0, 0.1) is 11.3 Å². The summed E-state index contributed by atoms with van der Waals surface area (Å²) in [4.78, 5) is 4.12. The van der Waals surface area contributed by atoms with E-state index in [-0.39, 0.29) is 5.92 Å². The molecule has 0 unspecified atom stereocenters. The highest BCUT2D eigenvalue weighted by Gasteiger charge is 2.20. The third-order valence-corrected chi connectivity index (χ3v) is 3.21. The van der Waals surface area contributed by atoms with Crippen LogP contribution in [-0.4, -0.2) is 14.8 Å². The van der Waals surface area contributed by atoms with Crippen molar-refractivity contribution in [2.75, 3.05) is 0 Å². The molecule has 4 nitrogen and oxygen atoms in total. The number of nitriles is 1. The first-order chi connectivity index (χ1) is 7.65. The van der Waals surface area contributed by atoms with Crippen molar-refractivity contribution in [1.82, 2.24) is 14.8 Å². The van der Waals surface area contributed by atoms with E-state index in [4.69, 9.17) is 16.9 Å². The number of hydrogen-bond donors (Lipinski definition) is 0. The number of nitrogens with zero attached hydrogens (tertiary/aromatic N) is 4. The highest BCUT2D eigenvalue weighted by atomic mass is 35.5. The molecule has 0 aliphatic rings. The first-order valence-corrected chi connectivity index (χ1v) is 5.99. The van der Waals surface area contributed by atoms with E-state index >= 15 is 0 Å². The van der Waals surface area contributed by atoms with Gasteiger partial charge in [0.2, 0.25) is 5.13 Å². The van der Waals surface area contributed by atoms with Crippen LogP contribution in [0.3, 0.4) is 0 Å². The molecule has 0 fully saturated rings. The quantitative estimate of drug-likeness (QED) is 0.826. The van der Waals surface area contributed by atoms with Crippen molar-refractivity contribution >= 4 is 22.9 Å². The number of rotatable bonds is 2. The molecule has 0 bridgehead atoms. The van der Waals surface area contributed by atoms with Crippen molar-refractivity contribution in [2.45, 2.75) is 19.8 Å². The largest absolute Gasteiger partial charge is 0.227 e. The Morgan fingerprint density at radius 1 is 1.56 bits per heavy atom. The van der Waals surface area contributed by atoms with Gasteiger partial charge in [0.25, 0.3) is 0 Å². The van der Waals surface area contributed by atoms with E-state index in [0.29, 0.717) is 21.5 Å². The fraction of sp³-hybridized carbons (Fsp3) is 0.300. The van der Waals surface area contributed by atoms with Crippen LogP contribution in [0.25, 0.3) is 5.13 Å². The van der Waals surface area contributed by atoms with Gasteiger partial charge < -0.3 is 0 Å². The summed E-state index contributed by atoms with van der Waals surface area (Å²) in [5.74, 6) is 0.161. The van der Waals surface area contributed by atoms with Crippen LogP contribution < -0.4 is 0 Å². The second-order valence-electron chi connectivity index (χ2n) is 3.54. The number of aromatic nitrogens is 3. The molecule has 2 aromatic heterocycles. The van der Waals surface area contributed by atoms with Gasteiger partial charge in [-0.05, 0) is 5.92 Å². The Kier molecular flexibility index (Phi) is 2.95. The third-order valence-electron chi connectivity index (χ3n) is 2.12. The topological polar surface area (TPSA) is 54.5 Å². The molecule has 0 aliphatic carbocycles. The number of thiazole rings is 1. The van der Waals surface area contributed by atoms with Crippen LogP contribution in [0.1, 0.15) is 31.0 Å². The summed E-state index contributed by atoms with van der Waals surface area (Å²) in [5.41, 5.74) is 1.15. The predicted molar refractivity (Wildman–Crippen MR) is 63.1 cm³/mol. The Hall–Kier alpha value is -1.38. The van der Waals surface area contributed by atoms with E-state index < -0.39 is 0 Å². The van der Waals surface area contributed by atoms with Crippen molar-refractivity contribution in [3.8, 4) is 11.2 Å². The van der Waals surface area contributed by atoms with Crippen LogP contribution >= 0.6 is 22.9 Å². The first-order valence-electron chi connectivity index (χ1n) is 4.73. The molecule has 0 amide bonds. The van der Waals surface area contributed by atoms with Crippen molar-refractivity contribution in [3.63, 3.8) is 0 Å². The van der Waals surface area contributed by atoms with Crippen LogP contribution in [0.2, 0.25) is 5.15 Å². The van der Waals surface area contributed by atoms with E-state index in [9.17, 15) is 0 Å². The molecule has 0 radical (unpaired) electrons. The van der Waals surface area contributed by atoms with Gasteiger partial charge in [-0.3, -0.25) is 0 Å². The van der Waals surface area contributed by atoms with Crippen molar-refractivity contribution in [2.24, 2.45) is 0 Å². The van der Waals surface area contributed by atoms with Crippen molar-refractivity contribution < 1.29 is 0 Å². The zero-order chi connectivity index (χ0) is 11.7. The predicted octanol–water partition coefficient (Wildman–Crippen LogP) is 2.98. The lowest BCUT2D eigenvalue weighted by atomic mass is 10.1. The van der Waals surface area contributed by atoms with Crippen LogP contribution in [-0.2, 0) is 0 Å². The minimum absolute atomic E-state index is 0.161. The molecule has 6 heteroatoms. The Balaban J connectivity index is 2.62. The van der Waals surface area contributed by atoms with E-state index in [1.807, 2.05) is 19.2 Å². The summed E-state index contributed by atoms with van der Waals surface area (Å²) >= 11 is 7.54. The normalized spacial score (nSPS) is 10.7. The first kappa shape index (κ1) is 11.1. The molecular weight excluding hydrogens is 244 g/mol. The molecule has 0 atom stereocenters. The summed E-state index contributed by atoms with van der Waals surface area (Å²) in [6, 6.07) is 2.09. The smallest absolute Gasteiger partial charge is 0.211 e. The summed E-state index contributed by atoms with van der Waals surface area (Å²) in [6.45, 7) is 3.96. The van der Waals surface area contributed by atoms with Gasteiger partial charge in [0.15, 0.2) is 5.15 Å². The van der Waals surface area contributed by atoms with E-state index in [1.54, 1.807) is 6.20 Å². The standard InChI is InChI=1S/C10H9ClN4S/c1-6(2)8-7(5-12)9(11)15(14-8)10-13-3-4-16-10/h3-4,6H,1-2H3. The maximum atomic E-state index is 9.05. The monoisotopic (exact) mass is 252 g/mol. The van der Waals surface area contributed by atoms with E-state index in [2.05, 4.69) is 16.2 Å². The van der Waals surface area contributed by atoms with Crippen molar-refractivity contribution in [3.05, 3.63) is 28.0 Å². The van der Waals surface area contributed by atoms with Gasteiger partial charge in [-0.15, -0.1) is 11.3 Å². The van der Waals surface area contributed by atoms with Gasteiger partial charge in [0.05, 0.1) is 5.69 Å². The highest BCUT2D eigenvalue weighted by Crippen LogP contribution is 2.27. The van der Waals surface area contributed by atoms with Gasteiger partial charge in [0, 0.05) is 11.6 Å². The highest BCUT2D eigenvalue weighted by molar-refractivity contribution is 7.12. The fourth-order valence-electron chi connectivity index (χ4n) is 1.37. The molecule has 0 aliphatic heterocycles. The van der Waals surface area contributed by atoms with E-state index in [0.717, 1.165) is 0 Å². The maximum Gasteiger partial charge on any atom is 0.211 e. The SMILES string of the molecule is CC(C)c1nn(-c2nccs2)c(Cl)c1C#N. The number of halogens is 1. The Morgan fingerprint density at radius 2 is 2.31 bits per heavy atom. The van der Waals surface area contributed by atoms with Crippen LogP contribution in [0.4, 0.5) is 0 Å². The molecule has 16 heavy (non-hydrogen) atoms. The average Bonchev–Trinajstić information content (AvgIpc) is 2.84. The summed E-state index contributed by atoms with van der Waals surface area (Å²) in [6.07, 6.45) is 1.68. The molecule has 2 rings (SSSR count). The minimum atomic E-state index is 0.161. The maximum absolute atomic E-state index is 9.05. The average molecular weight is 253 g/mol. The molecular formula is C10H9ClN4S. The zero-order valence-electron chi connectivity index (χ0n) is 8.81. The Labute approximate surface area is 102 Å². The van der Waals surface area contributed by atoms with Crippen LogP contribution in [0.15, 0.2) is 11.6 Å². The van der Waals surface area contributed by atoms with Gasteiger partial charge >= 0.3 is 0 Å². The molecule has 2 aromatic rings. The van der Waals surface area contributed by atoms with E-state index in [1.165, 1.54) is 16.0 Å². The summed E-state index contributed by atoms with van der Waals surface area (Å²) in [5, 5.41) is 16.2. The van der Waals surface area contributed by atoms with Gasteiger partial charge in [-0.25, -0.2) is 4.98 Å². The third kappa shape index (κ3) is 1.70. The second-order valence-corrected chi connectivity index (χ2v) is 4.78. The van der Waals surface area contributed by atoms with Gasteiger partial charge in [-0.2, -0.15) is 15.0 Å². The number of hydrogen-bond acceptors (Lipinski definition) is 4. The molecule has 82 valence electrons.